The van der Waals surface area contributed by atoms with E-state index in [0.717, 1.165) is 22.4 Å². The van der Waals surface area contributed by atoms with Crippen LogP contribution in [0.1, 0.15) is 30.5 Å². The standard InChI is InChI=1S/C31H31NO5/c1-21-26(33)27-28(37-29(2,3)36-27)30(21,19-32)20-35-31(22-11-7-5-8-12-22,23-13-9-6-10-14-23)24-15-17-25(34-4)18-16-24/h5-18,26-28,33H,1,20H2,2-4H3/t26?,27-,28?,30?/m0/s1. The first-order valence-corrected chi connectivity index (χ1v) is 12.3. The fraction of sp³-hybridized carbons (Fsp3) is 0.323. The van der Waals surface area contributed by atoms with Crippen LogP contribution in [0.5, 0.6) is 5.75 Å². The molecule has 3 aromatic carbocycles. The van der Waals surface area contributed by atoms with Crippen LogP contribution >= 0.6 is 0 Å². The average Bonchev–Trinajstić information content (AvgIpc) is 3.35. The Hall–Kier alpha value is -3.47. The summed E-state index contributed by atoms with van der Waals surface area (Å²) in [5.74, 6) is -0.216. The molecular formula is C31H31NO5. The summed E-state index contributed by atoms with van der Waals surface area (Å²) in [6.45, 7) is 7.58. The molecule has 1 aliphatic carbocycles. The predicted octanol–water partition coefficient (Wildman–Crippen LogP) is 4.96. The van der Waals surface area contributed by atoms with Gasteiger partial charge >= 0.3 is 0 Å². The van der Waals surface area contributed by atoms with Gasteiger partial charge in [0.2, 0.25) is 0 Å². The van der Waals surface area contributed by atoms with Crippen molar-refractivity contribution in [3.05, 3.63) is 114 Å². The lowest BCUT2D eigenvalue weighted by atomic mass is 9.78. The Morgan fingerprint density at radius 3 is 1.97 bits per heavy atom. The lowest BCUT2D eigenvalue weighted by Gasteiger charge is -2.39. The van der Waals surface area contributed by atoms with E-state index < -0.39 is 35.1 Å². The van der Waals surface area contributed by atoms with Gasteiger partial charge in [-0.1, -0.05) is 79.4 Å². The van der Waals surface area contributed by atoms with Crippen LogP contribution in [0.4, 0.5) is 0 Å². The van der Waals surface area contributed by atoms with E-state index in [1.807, 2.05) is 84.9 Å². The summed E-state index contributed by atoms with van der Waals surface area (Å²) in [6, 6.07) is 29.9. The second kappa shape index (κ2) is 9.44. The Labute approximate surface area is 217 Å². The second-order valence-electron chi connectivity index (χ2n) is 10.0. The van der Waals surface area contributed by atoms with Crippen molar-refractivity contribution >= 4 is 0 Å². The molecule has 6 nitrogen and oxygen atoms in total. The van der Waals surface area contributed by atoms with Crippen LogP contribution in [-0.2, 0) is 19.8 Å². The van der Waals surface area contributed by atoms with Gasteiger partial charge in [0.1, 0.15) is 35.1 Å². The maximum absolute atomic E-state index is 11.0. The van der Waals surface area contributed by atoms with Gasteiger partial charge in [-0.2, -0.15) is 5.26 Å². The molecule has 1 aliphatic heterocycles. The van der Waals surface area contributed by atoms with E-state index in [1.54, 1.807) is 21.0 Å². The fourth-order valence-electron chi connectivity index (χ4n) is 5.53. The topological polar surface area (TPSA) is 80.9 Å². The van der Waals surface area contributed by atoms with Crippen LogP contribution in [0, 0.1) is 16.7 Å². The van der Waals surface area contributed by atoms with Gasteiger partial charge in [-0.25, -0.2) is 0 Å². The normalized spacial score (nSPS) is 26.5. The molecule has 1 N–H and O–H groups in total. The van der Waals surface area contributed by atoms with Crippen molar-refractivity contribution in [1.29, 1.82) is 5.26 Å². The Morgan fingerprint density at radius 1 is 0.919 bits per heavy atom. The number of aliphatic hydroxyl groups excluding tert-OH is 1. The molecular weight excluding hydrogens is 466 g/mol. The van der Waals surface area contributed by atoms with Crippen LogP contribution in [0.15, 0.2) is 97.1 Å². The largest absolute Gasteiger partial charge is 0.497 e. The quantitative estimate of drug-likeness (QED) is 0.367. The zero-order chi connectivity index (χ0) is 26.3. The van der Waals surface area contributed by atoms with E-state index >= 15 is 0 Å². The summed E-state index contributed by atoms with van der Waals surface area (Å²) >= 11 is 0. The highest BCUT2D eigenvalue weighted by Crippen LogP contribution is 2.53. The van der Waals surface area contributed by atoms with Crippen LogP contribution in [0.2, 0.25) is 0 Å². The Bertz CT molecular complexity index is 1260. The number of methoxy groups -OCH3 is 1. The van der Waals surface area contributed by atoms with E-state index in [0.29, 0.717) is 5.57 Å². The lowest BCUT2D eigenvalue weighted by molar-refractivity contribution is -0.168. The number of benzene rings is 3. The van der Waals surface area contributed by atoms with Crippen LogP contribution < -0.4 is 4.74 Å². The van der Waals surface area contributed by atoms with E-state index in [4.69, 9.17) is 18.9 Å². The maximum Gasteiger partial charge on any atom is 0.164 e. The molecule has 2 fully saturated rings. The molecule has 1 heterocycles. The second-order valence-corrected chi connectivity index (χ2v) is 10.0. The predicted molar refractivity (Wildman–Crippen MR) is 139 cm³/mol. The van der Waals surface area contributed by atoms with Gasteiger partial charge in [0.25, 0.3) is 0 Å². The van der Waals surface area contributed by atoms with Crippen molar-refractivity contribution in [3.63, 3.8) is 0 Å². The molecule has 37 heavy (non-hydrogen) atoms. The molecule has 1 saturated carbocycles. The SMILES string of the molecule is C=C1C(O)[C@@H]2OC(C)(C)OC2C1(C#N)COC(c1ccccc1)(c1ccccc1)c1ccc(OC)cc1. The van der Waals surface area contributed by atoms with E-state index in [1.165, 1.54) is 0 Å². The third-order valence-corrected chi connectivity index (χ3v) is 7.43. The van der Waals surface area contributed by atoms with Gasteiger partial charge in [-0.05, 0) is 48.2 Å². The monoisotopic (exact) mass is 497 g/mol. The van der Waals surface area contributed by atoms with Gasteiger partial charge in [-0.3, -0.25) is 0 Å². The summed E-state index contributed by atoms with van der Waals surface area (Å²) in [5, 5.41) is 21.5. The van der Waals surface area contributed by atoms with Crippen molar-refractivity contribution in [1.82, 2.24) is 0 Å². The van der Waals surface area contributed by atoms with Gasteiger partial charge in [0.05, 0.1) is 19.8 Å². The number of nitrogens with zero attached hydrogens (tertiary/aromatic N) is 1. The minimum atomic E-state index is -1.32. The summed E-state index contributed by atoms with van der Waals surface area (Å²) < 4.78 is 24.5. The molecule has 5 rings (SSSR count). The molecule has 3 unspecified atom stereocenters. The van der Waals surface area contributed by atoms with Crippen LogP contribution in [0.3, 0.4) is 0 Å². The van der Waals surface area contributed by atoms with E-state index in [-0.39, 0.29) is 6.61 Å². The highest BCUT2D eigenvalue weighted by Gasteiger charge is 2.65. The Balaban J connectivity index is 1.66. The molecule has 6 heteroatoms. The van der Waals surface area contributed by atoms with Crippen molar-refractivity contribution in [2.24, 2.45) is 5.41 Å². The van der Waals surface area contributed by atoms with Gasteiger partial charge in [0.15, 0.2) is 5.79 Å². The molecule has 0 spiro atoms. The number of rotatable bonds is 7. The first kappa shape index (κ1) is 25.2. The number of hydrogen-bond acceptors (Lipinski definition) is 6. The minimum Gasteiger partial charge on any atom is -0.497 e. The van der Waals surface area contributed by atoms with Crippen LogP contribution in [-0.4, -0.2) is 42.9 Å². The molecule has 4 atom stereocenters. The number of hydrogen-bond donors (Lipinski definition) is 1. The van der Waals surface area contributed by atoms with E-state index in [2.05, 4.69) is 12.6 Å². The molecule has 3 aromatic rings. The summed E-state index contributed by atoms with van der Waals surface area (Å²) in [5.41, 5.74) is 0.595. The number of nitriles is 1. The average molecular weight is 498 g/mol. The third kappa shape index (κ3) is 4.05. The Morgan fingerprint density at radius 2 is 1.46 bits per heavy atom. The van der Waals surface area contributed by atoms with Gasteiger partial charge in [-0.15, -0.1) is 0 Å². The highest BCUT2D eigenvalue weighted by atomic mass is 16.8. The highest BCUT2D eigenvalue weighted by molar-refractivity contribution is 5.49. The zero-order valence-corrected chi connectivity index (χ0v) is 21.3. The molecule has 190 valence electrons. The number of ether oxygens (including phenoxy) is 4. The molecule has 0 amide bonds. The summed E-state index contributed by atoms with van der Waals surface area (Å²) in [7, 11) is 1.63. The molecule has 0 aromatic heterocycles. The van der Waals surface area contributed by atoms with Crippen molar-refractivity contribution in [3.8, 4) is 11.8 Å². The first-order chi connectivity index (χ1) is 17.8. The summed E-state index contributed by atoms with van der Waals surface area (Å²) in [4.78, 5) is 0. The van der Waals surface area contributed by atoms with Gasteiger partial charge in [0, 0.05) is 0 Å². The van der Waals surface area contributed by atoms with Crippen molar-refractivity contribution < 1.29 is 24.1 Å². The third-order valence-electron chi connectivity index (χ3n) is 7.43. The fourth-order valence-corrected chi connectivity index (χ4v) is 5.53. The summed E-state index contributed by atoms with van der Waals surface area (Å²) in [6.07, 6.45) is -2.47. The van der Waals surface area contributed by atoms with E-state index in [9.17, 15) is 10.4 Å². The maximum atomic E-state index is 11.0. The van der Waals surface area contributed by atoms with Crippen LogP contribution in [0.25, 0.3) is 0 Å². The Kier molecular flexibility index (Phi) is 6.43. The molecule has 0 bridgehead atoms. The first-order valence-electron chi connectivity index (χ1n) is 12.3. The zero-order valence-electron chi connectivity index (χ0n) is 21.3. The van der Waals surface area contributed by atoms with Gasteiger partial charge < -0.3 is 24.1 Å². The smallest absolute Gasteiger partial charge is 0.164 e. The molecule has 0 radical (unpaired) electrons. The number of aliphatic hydroxyl groups is 1. The number of fused-ring (bicyclic) bond motifs is 1. The van der Waals surface area contributed by atoms with Crippen molar-refractivity contribution in [2.75, 3.05) is 13.7 Å². The lowest BCUT2D eigenvalue weighted by Crippen LogP contribution is -2.43. The molecule has 1 saturated heterocycles. The van der Waals surface area contributed by atoms with Crippen molar-refractivity contribution in [2.45, 2.75) is 43.5 Å². The minimum absolute atomic E-state index is 0.0736. The molecule has 2 aliphatic rings.